The van der Waals surface area contributed by atoms with E-state index in [4.69, 9.17) is 21.3 Å². The molecule has 5 rings (SSSR count). The highest BCUT2D eigenvalue weighted by Gasteiger charge is 2.25. The van der Waals surface area contributed by atoms with Gasteiger partial charge >= 0.3 is 6.09 Å². The van der Waals surface area contributed by atoms with Gasteiger partial charge in [-0.05, 0) is 30.2 Å². The molecule has 11 heteroatoms. The number of hydrogen-bond acceptors (Lipinski definition) is 8. The molecule has 0 aliphatic carbocycles. The molecule has 0 unspecified atom stereocenters. The number of piperazine rings is 2. The number of hydrogen-bond donors (Lipinski definition) is 0. The largest absolute Gasteiger partial charge is 0.450 e. The standard InChI is InChI=1S/C32H37ClN6O3S/c1-2-42-32(41)39-21-19-38(20-22-39)30(40)27-12-10-26(11-13-27)24-43-31-34-28(33)23-29(35-31)37-17-15-36(16-18-37)14-6-9-25-7-4-3-5-8-25/h3-13,23H,2,14-22,24H2,1H3/b9-6+. The molecule has 0 bridgehead atoms. The first kappa shape index (κ1) is 30.8. The third-order valence-corrected chi connectivity index (χ3v) is 8.60. The van der Waals surface area contributed by atoms with Crippen LogP contribution in [-0.4, -0.2) is 102 Å². The summed E-state index contributed by atoms with van der Waals surface area (Å²) >= 11 is 7.92. The highest BCUT2D eigenvalue weighted by atomic mass is 35.5. The molecule has 0 N–H and O–H groups in total. The molecule has 2 saturated heterocycles. The summed E-state index contributed by atoms with van der Waals surface area (Å²) in [6.07, 6.45) is 4.07. The zero-order valence-corrected chi connectivity index (χ0v) is 26.0. The lowest BCUT2D eigenvalue weighted by Gasteiger charge is -2.35. The van der Waals surface area contributed by atoms with Crippen molar-refractivity contribution in [1.82, 2.24) is 24.7 Å². The summed E-state index contributed by atoms with van der Waals surface area (Å²) in [5, 5.41) is 1.07. The maximum absolute atomic E-state index is 13.0. The molecule has 9 nitrogen and oxygen atoms in total. The SMILES string of the molecule is CCOC(=O)N1CCN(C(=O)c2ccc(CSc3nc(Cl)cc(N4CCN(C/C=C/c5ccccc5)CC4)n3)cc2)CC1. The Kier molecular flexibility index (Phi) is 10.9. The molecule has 0 spiro atoms. The van der Waals surface area contributed by atoms with Gasteiger partial charge in [0.25, 0.3) is 5.91 Å². The number of carbonyl (C=O) groups is 2. The van der Waals surface area contributed by atoms with Crippen molar-refractivity contribution < 1.29 is 14.3 Å². The second-order valence-electron chi connectivity index (χ2n) is 10.4. The Hall–Kier alpha value is -3.60. The lowest BCUT2D eigenvalue weighted by atomic mass is 10.1. The second-order valence-corrected chi connectivity index (χ2v) is 11.7. The number of anilines is 1. The number of amides is 2. The van der Waals surface area contributed by atoms with Crippen LogP contribution in [0.1, 0.15) is 28.4 Å². The van der Waals surface area contributed by atoms with E-state index in [2.05, 4.69) is 51.2 Å². The molecule has 0 radical (unpaired) electrons. The van der Waals surface area contributed by atoms with Crippen LogP contribution in [0.3, 0.4) is 0 Å². The van der Waals surface area contributed by atoms with Crippen LogP contribution < -0.4 is 4.90 Å². The summed E-state index contributed by atoms with van der Waals surface area (Å²) < 4.78 is 5.06. The number of benzene rings is 2. The third-order valence-electron chi connectivity index (χ3n) is 7.49. The van der Waals surface area contributed by atoms with Crippen molar-refractivity contribution in [3.63, 3.8) is 0 Å². The minimum absolute atomic E-state index is 0.0298. The first-order chi connectivity index (χ1) is 21.0. The molecule has 3 heterocycles. The highest BCUT2D eigenvalue weighted by molar-refractivity contribution is 7.98. The summed E-state index contributed by atoms with van der Waals surface area (Å²) in [7, 11) is 0. The number of rotatable bonds is 9. The Morgan fingerprint density at radius 2 is 1.60 bits per heavy atom. The van der Waals surface area contributed by atoms with Gasteiger partial charge in [0.15, 0.2) is 5.16 Å². The molecular formula is C32H37ClN6O3S. The van der Waals surface area contributed by atoms with Gasteiger partial charge in [-0.2, -0.15) is 0 Å². The first-order valence-electron chi connectivity index (χ1n) is 14.6. The Morgan fingerprint density at radius 1 is 0.907 bits per heavy atom. The summed E-state index contributed by atoms with van der Waals surface area (Å²) in [6.45, 7) is 8.65. The van der Waals surface area contributed by atoms with Crippen LogP contribution in [0.25, 0.3) is 6.08 Å². The van der Waals surface area contributed by atoms with Crippen LogP contribution >= 0.6 is 23.4 Å². The van der Waals surface area contributed by atoms with Crippen molar-refractivity contribution in [1.29, 1.82) is 0 Å². The predicted octanol–water partition coefficient (Wildman–Crippen LogP) is 5.17. The van der Waals surface area contributed by atoms with E-state index in [9.17, 15) is 9.59 Å². The van der Waals surface area contributed by atoms with E-state index >= 15 is 0 Å². The van der Waals surface area contributed by atoms with Crippen molar-refractivity contribution >= 4 is 47.3 Å². The van der Waals surface area contributed by atoms with Crippen LogP contribution in [0.15, 0.2) is 71.9 Å². The summed E-state index contributed by atoms with van der Waals surface area (Å²) in [5.74, 6) is 1.48. The van der Waals surface area contributed by atoms with E-state index in [1.807, 2.05) is 36.4 Å². The maximum Gasteiger partial charge on any atom is 0.409 e. The smallest absolute Gasteiger partial charge is 0.409 e. The number of aromatic nitrogens is 2. The van der Waals surface area contributed by atoms with Gasteiger partial charge in [0, 0.05) is 76.3 Å². The summed E-state index contributed by atoms with van der Waals surface area (Å²) in [5.41, 5.74) is 2.92. The molecule has 226 valence electrons. The monoisotopic (exact) mass is 620 g/mol. The minimum atomic E-state index is -0.322. The lowest BCUT2D eigenvalue weighted by molar-refractivity contribution is 0.0570. The molecule has 3 aromatic rings. The van der Waals surface area contributed by atoms with Crippen LogP contribution in [-0.2, 0) is 10.5 Å². The average Bonchev–Trinajstić information content (AvgIpc) is 3.04. The van der Waals surface area contributed by atoms with Gasteiger partial charge in [0.2, 0.25) is 0 Å². The molecule has 2 aromatic carbocycles. The predicted molar refractivity (Wildman–Crippen MR) is 172 cm³/mol. The molecule has 2 amide bonds. The fraction of sp³-hybridized carbons (Fsp3) is 0.375. The second kappa shape index (κ2) is 15.2. The van der Waals surface area contributed by atoms with Gasteiger partial charge in [0.1, 0.15) is 11.0 Å². The van der Waals surface area contributed by atoms with Gasteiger partial charge in [-0.25, -0.2) is 14.8 Å². The van der Waals surface area contributed by atoms with Crippen LogP contribution in [0.5, 0.6) is 0 Å². The summed E-state index contributed by atoms with van der Waals surface area (Å²) in [6, 6.07) is 19.8. The van der Waals surface area contributed by atoms with Gasteiger partial charge in [-0.1, -0.05) is 78.0 Å². The Balaban J connectivity index is 1.09. The molecular weight excluding hydrogens is 584 g/mol. The molecule has 2 aliphatic rings. The topological polar surface area (TPSA) is 82.1 Å². The van der Waals surface area contributed by atoms with E-state index in [1.54, 1.807) is 16.7 Å². The van der Waals surface area contributed by atoms with Crippen LogP contribution in [0.2, 0.25) is 5.15 Å². The fourth-order valence-corrected chi connectivity index (χ4v) is 6.09. The van der Waals surface area contributed by atoms with Gasteiger partial charge < -0.3 is 19.4 Å². The zero-order chi connectivity index (χ0) is 30.0. The Labute approximate surface area is 262 Å². The quantitative estimate of drug-likeness (QED) is 0.184. The average molecular weight is 621 g/mol. The van der Waals surface area contributed by atoms with E-state index in [0.717, 1.165) is 44.1 Å². The van der Waals surface area contributed by atoms with Crippen molar-refractivity contribution in [3.8, 4) is 0 Å². The van der Waals surface area contributed by atoms with Crippen LogP contribution in [0.4, 0.5) is 10.6 Å². The van der Waals surface area contributed by atoms with Crippen molar-refractivity contribution in [3.05, 3.63) is 88.6 Å². The van der Waals surface area contributed by atoms with E-state index in [0.29, 0.717) is 54.4 Å². The number of thioether (sulfide) groups is 1. The maximum atomic E-state index is 13.0. The van der Waals surface area contributed by atoms with E-state index < -0.39 is 0 Å². The molecule has 43 heavy (non-hydrogen) atoms. The van der Waals surface area contributed by atoms with Crippen molar-refractivity contribution in [2.24, 2.45) is 0 Å². The molecule has 0 saturated carbocycles. The third kappa shape index (κ3) is 8.72. The van der Waals surface area contributed by atoms with Gasteiger partial charge in [-0.3, -0.25) is 9.69 Å². The number of ether oxygens (including phenoxy) is 1. The van der Waals surface area contributed by atoms with E-state index in [1.165, 1.54) is 17.3 Å². The molecule has 1 aromatic heterocycles. The Bertz CT molecular complexity index is 1390. The Morgan fingerprint density at radius 3 is 2.30 bits per heavy atom. The van der Waals surface area contributed by atoms with Gasteiger partial charge in [0.05, 0.1) is 6.61 Å². The van der Waals surface area contributed by atoms with Crippen molar-refractivity contribution in [2.45, 2.75) is 17.8 Å². The zero-order valence-electron chi connectivity index (χ0n) is 24.4. The summed E-state index contributed by atoms with van der Waals surface area (Å²) in [4.78, 5) is 42.3. The minimum Gasteiger partial charge on any atom is -0.450 e. The molecule has 2 fully saturated rings. The molecule has 0 atom stereocenters. The van der Waals surface area contributed by atoms with E-state index in [-0.39, 0.29) is 12.0 Å². The van der Waals surface area contributed by atoms with Crippen molar-refractivity contribution in [2.75, 3.05) is 70.4 Å². The van der Waals surface area contributed by atoms with Gasteiger partial charge in [-0.15, -0.1) is 0 Å². The number of carbonyl (C=O) groups excluding carboxylic acids is 2. The lowest BCUT2D eigenvalue weighted by Crippen LogP contribution is -2.50. The number of nitrogens with zero attached hydrogens (tertiary/aromatic N) is 6. The molecule has 2 aliphatic heterocycles. The fourth-order valence-electron chi connectivity index (χ4n) is 5.05. The first-order valence-corrected chi connectivity index (χ1v) is 16.0. The normalized spacial score (nSPS) is 16.1. The van der Waals surface area contributed by atoms with Crippen LogP contribution in [0, 0.1) is 0 Å². The highest BCUT2D eigenvalue weighted by Crippen LogP contribution is 2.25. The number of halogens is 1.